The Morgan fingerprint density at radius 2 is 1.83 bits per heavy atom. The van der Waals surface area contributed by atoms with E-state index >= 15 is 0 Å². The molecule has 1 aromatic heterocycles. The van der Waals surface area contributed by atoms with Gasteiger partial charge in [0.1, 0.15) is 6.54 Å². The van der Waals surface area contributed by atoms with Gasteiger partial charge in [0.2, 0.25) is 5.91 Å². The molecule has 1 amide bonds. The van der Waals surface area contributed by atoms with Crippen molar-refractivity contribution in [3.05, 3.63) is 63.6 Å². The van der Waals surface area contributed by atoms with E-state index in [2.05, 4.69) is 5.10 Å². The molecule has 0 unspecified atom stereocenters. The standard InChI is InChI=1S/C18H23N3O2/c1-4-20(5-2)18(23)13-21-17(22)12-16(14(3)19-21)11-15-9-7-6-8-10-15/h6-10,12H,4-5,11,13H2,1-3H3. The van der Waals surface area contributed by atoms with Crippen LogP contribution in [0.1, 0.15) is 30.7 Å². The molecule has 5 heteroatoms. The van der Waals surface area contributed by atoms with E-state index < -0.39 is 0 Å². The summed E-state index contributed by atoms with van der Waals surface area (Å²) in [6, 6.07) is 11.5. The molecule has 0 aliphatic carbocycles. The van der Waals surface area contributed by atoms with Crippen molar-refractivity contribution in [1.29, 1.82) is 0 Å². The molecule has 0 radical (unpaired) electrons. The van der Waals surface area contributed by atoms with Crippen molar-refractivity contribution in [1.82, 2.24) is 14.7 Å². The van der Waals surface area contributed by atoms with Crippen LogP contribution in [0.2, 0.25) is 0 Å². The van der Waals surface area contributed by atoms with Gasteiger partial charge in [-0.2, -0.15) is 5.10 Å². The maximum absolute atomic E-state index is 12.2. The molecular weight excluding hydrogens is 290 g/mol. The number of aromatic nitrogens is 2. The number of hydrogen-bond acceptors (Lipinski definition) is 3. The lowest BCUT2D eigenvalue weighted by Crippen LogP contribution is -2.37. The minimum absolute atomic E-state index is 0.00697. The number of benzene rings is 1. The van der Waals surface area contributed by atoms with Gasteiger partial charge in [-0.25, -0.2) is 4.68 Å². The largest absolute Gasteiger partial charge is 0.342 e. The zero-order valence-corrected chi connectivity index (χ0v) is 14.0. The molecule has 23 heavy (non-hydrogen) atoms. The monoisotopic (exact) mass is 313 g/mol. The Balaban J connectivity index is 2.20. The molecule has 1 aromatic carbocycles. The van der Waals surface area contributed by atoms with Gasteiger partial charge in [-0.05, 0) is 38.3 Å². The predicted octanol–water partition coefficient (Wildman–Crippen LogP) is 2.01. The third kappa shape index (κ3) is 4.28. The molecular formula is C18H23N3O2. The zero-order chi connectivity index (χ0) is 16.8. The van der Waals surface area contributed by atoms with Crippen LogP contribution < -0.4 is 5.56 Å². The fourth-order valence-corrected chi connectivity index (χ4v) is 2.54. The molecule has 1 heterocycles. The summed E-state index contributed by atoms with van der Waals surface area (Å²) in [5, 5.41) is 4.32. The van der Waals surface area contributed by atoms with Crippen molar-refractivity contribution in [2.24, 2.45) is 0 Å². The first-order chi connectivity index (χ1) is 11.0. The minimum Gasteiger partial charge on any atom is -0.342 e. The first-order valence-electron chi connectivity index (χ1n) is 7.94. The third-order valence-corrected chi connectivity index (χ3v) is 3.93. The third-order valence-electron chi connectivity index (χ3n) is 3.93. The molecule has 0 aliphatic heterocycles. The molecule has 0 fully saturated rings. The Morgan fingerprint density at radius 3 is 2.43 bits per heavy atom. The second kappa shape index (κ2) is 7.72. The van der Waals surface area contributed by atoms with Gasteiger partial charge in [0.15, 0.2) is 0 Å². The van der Waals surface area contributed by atoms with Crippen molar-refractivity contribution in [3.8, 4) is 0 Å². The van der Waals surface area contributed by atoms with Gasteiger partial charge in [0.25, 0.3) is 5.56 Å². The maximum atomic E-state index is 12.2. The number of aryl methyl sites for hydroxylation is 1. The summed E-state index contributed by atoms with van der Waals surface area (Å²) >= 11 is 0. The van der Waals surface area contributed by atoms with Gasteiger partial charge in [0, 0.05) is 19.2 Å². The van der Waals surface area contributed by atoms with Gasteiger partial charge >= 0.3 is 0 Å². The van der Waals surface area contributed by atoms with E-state index in [0.29, 0.717) is 19.5 Å². The lowest BCUT2D eigenvalue weighted by Gasteiger charge is -2.19. The van der Waals surface area contributed by atoms with E-state index in [4.69, 9.17) is 0 Å². The summed E-state index contributed by atoms with van der Waals surface area (Å²) in [5.74, 6) is -0.0835. The summed E-state index contributed by atoms with van der Waals surface area (Å²) in [4.78, 5) is 26.1. The SMILES string of the molecule is CCN(CC)C(=O)Cn1nc(C)c(Cc2ccccc2)cc1=O. The number of carbonyl (C=O) groups excluding carboxylic acids is 1. The average Bonchev–Trinajstić information content (AvgIpc) is 2.54. The van der Waals surface area contributed by atoms with Crippen molar-refractivity contribution < 1.29 is 4.79 Å². The summed E-state index contributed by atoms with van der Waals surface area (Å²) in [6.45, 7) is 6.98. The lowest BCUT2D eigenvalue weighted by atomic mass is 10.0. The molecule has 0 saturated carbocycles. The van der Waals surface area contributed by atoms with E-state index in [9.17, 15) is 9.59 Å². The normalized spacial score (nSPS) is 10.6. The Bertz CT molecular complexity index is 719. The van der Waals surface area contributed by atoms with Crippen molar-refractivity contribution in [2.75, 3.05) is 13.1 Å². The van der Waals surface area contributed by atoms with Crippen LogP contribution in [-0.2, 0) is 17.8 Å². The first kappa shape index (κ1) is 16.9. The van der Waals surface area contributed by atoms with Crippen molar-refractivity contribution in [2.45, 2.75) is 33.7 Å². The molecule has 0 aliphatic rings. The fraction of sp³-hybridized carbons (Fsp3) is 0.389. The number of nitrogens with zero attached hydrogens (tertiary/aromatic N) is 3. The number of hydrogen-bond donors (Lipinski definition) is 0. The molecule has 0 bridgehead atoms. The topological polar surface area (TPSA) is 55.2 Å². The van der Waals surface area contributed by atoms with E-state index in [0.717, 1.165) is 16.8 Å². The van der Waals surface area contributed by atoms with Crippen LogP contribution in [0.5, 0.6) is 0 Å². The van der Waals surface area contributed by atoms with E-state index in [1.54, 1.807) is 11.0 Å². The molecule has 0 N–H and O–H groups in total. The van der Waals surface area contributed by atoms with E-state index in [1.165, 1.54) is 4.68 Å². The molecule has 2 aromatic rings. The summed E-state index contributed by atoms with van der Waals surface area (Å²) in [7, 11) is 0. The van der Waals surface area contributed by atoms with E-state index in [-0.39, 0.29) is 18.0 Å². The average molecular weight is 313 g/mol. The molecule has 0 saturated heterocycles. The zero-order valence-electron chi connectivity index (χ0n) is 14.0. The highest BCUT2D eigenvalue weighted by Gasteiger charge is 2.13. The van der Waals surface area contributed by atoms with Crippen LogP contribution in [0.4, 0.5) is 0 Å². The Kier molecular flexibility index (Phi) is 5.68. The van der Waals surface area contributed by atoms with Crippen LogP contribution in [-0.4, -0.2) is 33.7 Å². The smallest absolute Gasteiger partial charge is 0.267 e. The number of carbonyl (C=O) groups is 1. The molecule has 122 valence electrons. The summed E-state index contributed by atoms with van der Waals surface area (Å²) in [6.07, 6.45) is 0.666. The van der Waals surface area contributed by atoms with Crippen LogP contribution in [0.3, 0.4) is 0 Å². The van der Waals surface area contributed by atoms with Crippen LogP contribution in [0, 0.1) is 6.92 Å². The maximum Gasteiger partial charge on any atom is 0.267 e. The highest BCUT2D eigenvalue weighted by molar-refractivity contribution is 5.75. The van der Waals surface area contributed by atoms with Gasteiger partial charge in [0.05, 0.1) is 5.69 Å². The Morgan fingerprint density at radius 1 is 1.17 bits per heavy atom. The highest BCUT2D eigenvalue weighted by atomic mass is 16.2. The van der Waals surface area contributed by atoms with Crippen LogP contribution in [0.15, 0.2) is 41.2 Å². The molecule has 5 nitrogen and oxygen atoms in total. The Labute approximate surface area is 136 Å². The summed E-state index contributed by atoms with van der Waals surface area (Å²) in [5.41, 5.74) is 2.57. The van der Waals surface area contributed by atoms with Gasteiger partial charge in [-0.3, -0.25) is 9.59 Å². The van der Waals surface area contributed by atoms with Gasteiger partial charge in [-0.1, -0.05) is 30.3 Å². The minimum atomic E-state index is -0.234. The fourth-order valence-electron chi connectivity index (χ4n) is 2.54. The molecule has 0 atom stereocenters. The quantitative estimate of drug-likeness (QED) is 0.820. The number of rotatable bonds is 6. The highest BCUT2D eigenvalue weighted by Crippen LogP contribution is 2.10. The predicted molar refractivity (Wildman–Crippen MR) is 90.4 cm³/mol. The Hall–Kier alpha value is -2.43. The molecule has 2 rings (SSSR count). The second-order valence-corrected chi connectivity index (χ2v) is 5.48. The van der Waals surface area contributed by atoms with Crippen molar-refractivity contribution >= 4 is 5.91 Å². The van der Waals surface area contributed by atoms with Crippen LogP contribution >= 0.6 is 0 Å². The van der Waals surface area contributed by atoms with Gasteiger partial charge in [-0.15, -0.1) is 0 Å². The van der Waals surface area contributed by atoms with E-state index in [1.807, 2.05) is 51.1 Å². The second-order valence-electron chi connectivity index (χ2n) is 5.48. The molecule has 0 spiro atoms. The first-order valence-corrected chi connectivity index (χ1v) is 7.94. The number of amides is 1. The van der Waals surface area contributed by atoms with Crippen molar-refractivity contribution in [3.63, 3.8) is 0 Å². The van der Waals surface area contributed by atoms with Gasteiger partial charge < -0.3 is 4.90 Å². The number of likely N-dealkylation sites (N-methyl/N-ethyl adjacent to an activating group) is 1. The lowest BCUT2D eigenvalue weighted by molar-refractivity contribution is -0.131. The van der Waals surface area contributed by atoms with Crippen LogP contribution in [0.25, 0.3) is 0 Å². The summed E-state index contributed by atoms with van der Waals surface area (Å²) < 4.78 is 1.25.